The molecule has 0 bridgehead atoms. The van der Waals surface area contributed by atoms with Gasteiger partial charge in [-0.15, -0.1) is 0 Å². The van der Waals surface area contributed by atoms with Crippen LogP contribution in [0.15, 0.2) is 48.5 Å². The first-order chi connectivity index (χ1) is 17.7. The second-order valence-electron chi connectivity index (χ2n) is 9.40. The van der Waals surface area contributed by atoms with Crippen LogP contribution < -0.4 is 0 Å². The fourth-order valence-corrected chi connectivity index (χ4v) is 4.64. The van der Waals surface area contributed by atoms with Crippen LogP contribution in [0.4, 0.5) is 22.0 Å². The molecule has 3 unspecified atom stereocenters. The average Bonchev–Trinajstić information content (AvgIpc) is 3.72. The SMILES string of the molecule is CC(O)c1ccc(C2=CCC(OCc3ccc(-c4ccc(C5CO5)c(F)c4F)cc3F)CC2)c(F)c1F. The van der Waals surface area contributed by atoms with E-state index in [1.165, 1.54) is 43.3 Å². The van der Waals surface area contributed by atoms with E-state index >= 15 is 0 Å². The first-order valence-corrected chi connectivity index (χ1v) is 12.1. The molecule has 1 aliphatic carbocycles. The number of aliphatic hydroxyl groups is 1. The van der Waals surface area contributed by atoms with E-state index in [0.717, 1.165) is 6.07 Å². The molecule has 5 rings (SSSR count). The van der Waals surface area contributed by atoms with Crippen LogP contribution in [0.25, 0.3) is 16.7 Å². The van der Waals surface area contributed by atoms with Gasteiger partial charge in [0.2, 0.25) is 0 Å². The normalized spacial score (nSPS) is 20.0. The zero-order valence-corrected chi connectivity index (χ0v) is 20.0. The molecular formula is C29H25F5O3. The van der Waals surface area contributed by atoms with Gasteiger partial charge >= 0.3 is 0 Å². The first-order valence-electron chi connectivity index (χ1n) is 12.1. The van der Waals surface area contributed by atoms with Gasteiger partial charge in [0.05, 0.1) is 25.4 Å². The van der Waals surface area contributed by atoms with Gasteiger partial charge in [0, 0.05) is 27.8 Å². The van der Waals surface area contributed by atoms with Crippen molar-refractivity contribution in [2.75, 3.05) is 6.61 Å². The number of allylic oxidation sites excluding steroid dienone is 1. The van der Waals surface area contributed by atoms with E-state index in [0.29, 0.717) is 31.4 Å². The molecule has 1 aliphatic heterocycles. The number of aliphatic hydroxyl groups excluding tert-OH is 1. The Morgan fingerprint density at radius 2 is 1.68 bits per heavy atom. The zero-order valence-electron chi connectivity index (χ0n) is 20.0. The summed E-state index contributed by atoms with van der Waals surface area (Å²) >= 11 is 0. The van der Waals surface area contributed by atoms with Gasteiger partial charge < -0.3 is 14.6 Å². The van der Waals surface area contributed by atoms with Gasteiger partial charge in [-0.3, -0.25) is 0 Å². The minimum absolute atomic E-state index is 0.0270. The number of halogens is 5. The van der Waals surface area contributed by atoms with Gasteiger partial charge in [0.25, 0.3) is 0 Å². The smallest absolute Gasteiger partial charge is 0.167 e. The third kappa shape index (κ3) is 5.19. The highest BCUT2D eigenvalue weighted by Gasteiger charge is 2.30. The molecule has 194 valence electrons. The predicted molar refractivity (Wildman–Crippen MR) is 128 cm³/mol. The molecule has 3 atom stereocenters. The Hall–Kier alpha value is -3.07. The lowest BCUT2D eigenvalue weighted by Gasteiger charge is -2.23. The van der Waals surface area contributed by atoms with Crippen molar-refractivity contribution in [1.82, 2.24) is 0 Å². The van der Waals surface area contributed by atoms with E-state index in [4.69, 9.17) is 9.47 Å². The fourth-order valence-electron chi connectivity index (χ4n) is 4.64. The van der Waals surface area contributed by atoms with E-state index in [1.54, 1.807) is 6.08 Å². The number of epoxide rings is 1. The number of rotatable bonds is 7. The van der Waals surface area contributed by atoms with Gasteiger partial charge in [-0.25, -0.2) is 22.0 Å². The predicted octanol–water partition coefficient (Wildman–Crippen LogP) is 7.33. The highest BCUT2D eigenvalue weighted by Crippen LogP contribution is 2.36. The topological polar surface area (TPSA) is 42.0 Å². The van der Waals surface area contributed by atoms with Gasteiger partial charge in [-0.2, -0.15) is 0 Å². The maximum Gasteiger partial charge on any atom is 0.167 e. The summed E-state index contributed by atoms with van der Waals surface area (Å²) in [5.41, 5.74) is 1.31. The van der Waals surface area contributed by atoms with Crippen molar-refractivity contribution in [3.8, 4) is 11.1 Å². The average molecular weight is 517 g/mol. The molecule has 0 spiro atoms. The van der Waals surface area contributed by atoms with Crippen LogP contribution in [-0.4, -0.2) is 17.8 Å². The Bertz CT molecular complexity index is 1360. The highest BCUT2D eigenvalue weighted by atomic mass is 19.2. The first kappa shape index (κ1) is 25.6. The minimum atomic E-state index is -1.11. The largest absolute Gasteiger partial charge is 0.389 e. The Balaban J connectivity index is 1.23. The number of hydrogen-bond acceptors (Lipinski definition) is 3. The molecular weight excluding hydrogens is 491 g/mol. The summed E-state index contributed by atoms with van der Waals surface area (Å²) in [5.74, 6) is -4.68. The van der Waals surface area contributed by atoms with E-state index in [9.17, 15) is 27.1 Å². The molecule has 1 heterocycles. The van der Waals surface area contributed by atoms with Crippen LogP contribution in [0.5, 0.6) is 0 Å². The van der Waals surface area contributed by atoms with Crippen molar-refractivity contribution in [3.63, 3.8) is 0 Å². The molecule has 8 heteroatoms. The van der Waals surface area contributed by atoms with Gasteiger partial charge in [-0.05, 0) is 43.4 Å². The monoisotopic (exact) mass is 516 g/mol. The second-order valence-corrected chi connectivity index (χ2v) is 9.40. The zero-order chi connectivity index (χ0) is 26.3. The molecule has 2 aliphatic rings. The maximum absolute atomic E-state index is 14.8. The molecule has 0 radical (unpaired) electrons. The molecule has 3 aromatic carbocycles. The van der Waals surface area contributed by atoms with Crippen molar-refractivity contribution >= 4 is 5.57 Å². The van der Waals surface area contributed by atoms with Crippen LogP contribution in [0.1, 0.15) is 60.6 Å². The molecule has 0 aromatic heterocycles. The molecule has 1 fully saturated rings. The van der Waals surface area contributed by atoms with Gasteiger partial charge in [0.15, 0.2) is 23.3 Å². The number of benzene rings is 3. The van der Waals surface area contributed by atoms with E-state index < -0.39 is 41.3 Å². The van der Waals surface area contributed by atoms with Gasteiger partial charge in [-0.1, -0.05) is 42.5 Å². The Morgan fingerprint density at radius 1 is 0.946 bits per heavy atom. The van der Waals surface area contributed by atoms with Gasteiger partial charge in [0.1, 0.15) is 11.9 Å². The Labute approximate surface area is 211 Å². The Morgan fingerprint density at radius 3 is 2.32 bits per heavy atom. The summed E-state index contributed by atoms with van der Waals surface area (Å²) in [6.07, 6.45) is 1.42. The van der Waals surface area contributed by atoms with Crippen LogP contribution >= 0.6 is 0 Å². The van der Waals surface area contributed by atoms with Crippen molar-refractivity contribution < 1.29 is 36.5 Å². The van der Waals surface area contributed by atoms with Crippen molar-refractivity contribution in [2.24, 2.45) is 0 Å². The standard InChI is InChI=1S/C29H25F5O3/c1-15(35)20-8-9-21(27(32)26(20)31)16-4-6-19(7-5-16)36-13-18-3-2-17(12-24(18)30)22-10-11-23(25-14-37-25)29(34)28(22)33/h2-4,8-12,15,19,25,35H,5-7,13-14H2,1H3. The number of ether oxygens (including phenoxy) is 2. The van der Waals surface area contributed by atoms with E-state index in [1.807, 2.05) is 0 Å². The summed E-state index contributed by atoms with van der Waals surface area (Å²) in [4.78, 5) is 0. The van der Waals surface area contributed by atoms with Crippen molar-refractivity contribution in [2.45, 2.75) is 51.1 Å². The summed E-state index contributed by atoms with van der Waals surface area (Å²) < 4.78 is 83.3. The lowest BCUT2D eigenvalue weighted by atomic mass is 9.90. The lowest BCUT2D eigenvalue weighted by molar-refractivity contribution is 0.0345. The van der Waals surface area contributed by atoms with Crippen molar-refractivity contribution in [3.05, 3.63) is 99.9 Å². The molecule has 37 heavy (non-hydrogen) atoms. The summed E-state index contributed by atoms with van der Waals surface area (Å²) in [7, 11) is 0. The maximum atomic E-state index is 14.8. The fraction of sp³-hybridized carbons (Fsp3) is 0.310. The van der Waals surface area contributed by atoms with Crippen LogP contribution in [0, 0.1) is 29.1 Å². The third-order valence-electron chi connectivity index (χ3n) is 6.90. The molecule has 1 N–H and O–H groups in total. The van der Waals surface area contributed by atoms with Crippen molar-refractivity contribution in [1.29, 1.82) is 0 Å². The van der Waals surface area contributed by atoms with E-state index in [-0.39, 0.29) is 46.1 Å². The molecule has 1 saturated heterocycles. The quantitative estimate of drug-likeness (QED) is 0.264. The highest BCUT2D eigenvalue weighted by molar-refractivity contribution is 5.67. The second kappa shape index (κ2) is 10.4. The summed E-state index contributed by atoms with van der Waals surface area (Å²) in [5, 5.41) is 9.56. The third-order valence-corrected chi connectivity index (χ3v) is 6.90. The lowest BCUT2D eigenvalue weighted by Crippen LogP contribution is -2.16. The molecule has 3 aromatic rings. The number of hydrogen-bond donors (Lipinski definition) is 1. The molecule has 3 nitrogen and oxygen atoms in total. The molecule has 0 amide bonds. The summed E-state index contributed by atoms with van der Waals surface area (Å²) in [6, 6.07) is 9.85. The molecule has 0 saturated carbocycles. The minimum Gasteiger partial charge on any atom is -0.389 e. The van der Waals surface area contributed by atoms with E-state index in [2.05, 4.69) is 0 Å². The van der Waals surface area contributed by atoms with Crippen LogP contribution in [-0.2, 0) is 16.1 Å². The summed E-state index contributed by atoms with van der Waals surface area (Å²) in [6.45, 7) is 1.69. The van der Waals surface area contributed by atoms with Crippen LogP contribution in [0.2, 0.25) is 0 Å². The Kier molecular flexibility index (Phi) is 7.16. The van der Waals surface area contributed by atoms with Crippen LogP contribution in [0.3, 0.4) is 0 Å².